The fourth-order valence-electron chi connectivity index (χ4n) is 3.61. The lowest BCUT2D eigenvalue weighted by Crippen LogP contribution is -2.28. The molecule has 2 heterocycles. The first-order valence-electron chi connectivity index (χ1n) is 9.19. The number of halogens is 1. The number of nitrogens with one attached hydrogen (secondary N) is 2. The number of carbonyl (C=O) groups is 1. The molecule has 4 N–H and O–H groups in total. The van der Waals surface area contributed by atoms with Gasteiger partial charge in [-0.25, -0.2) is 0 Å². The van der Waals surface area contributed by atoms with Gasteiger partial charge in [-0.3, -0.25) is 9.59 Å². The third-order valence-electron chi connectivity index (χ3n) is 4.78. The van der Waals surface area contributed by atoms with E-state index in [1.165, 1.54) is 0 Å². The third kappa shape index (κ3) is 4.05. The van der Waals surface area contributed by atoms with Crippen LogP contribution in [0, 0.1) is 20.8 Å². The highest BCUT2D eigenvalue weighted by Crippen LogP contribution is 2.29. The second-order valence-corrected chi connectivity index (χ2v) is 8.33. The molecule has 0 aliphatic rings. The number of amides is 1. The Balaban J connectivity index is 1.96. The standard InChI is InChI=1S/C21H25BrN4O2/c1-11-5-14(4)25-21(28)17(11)8-24-20(27)16-6-15(22)7-18-19(16)12(2)9-26(18)10-13(3)23/h5-7,9,13H,8,10,23H2,1-4H3,(H,24,27)(H,25,28). The van der Waals surface area contributed by atoms with E-state index in [1.54, 1.807) is 0 Å². The van der Waals surface area contributed by atoms with Gasteiger partial charge in [0.25, 0.3) is 11.5 Å². The quantitative estimate of drug-likeness (QED) is 0.563. The van der Waals surface area contributed by atoms with E-state index in [2.05, 4.69) is 30.8 Å². The van der Waals surface area contributed by atoms with E-state index < -0.39 is 0 Å². The van der Waals surface area contributed by atoms with E-state index in [9.17, 15) is 9.59 Å². The van der Waals surface area contributed by atoms with Gasteiger partial charge < -0.3 is 20.6 Å². The molecule has 2 aromatic heterocycles. The number of aromatic amines is 1. The summed E-state index contributed by atoms with van der Waals surface area (Å²) in [7, 11) is 0. The Bertz CT molecular complexity index is 1110. The molecule has 1 atom stereocenters. The van der Waals surface area contributed by atoms with E-state index in [0.717, 1.165) is 32.2 Å². The van der Waals surface area contributed by atoms with Gasteiger partial charge in [0.1, 0.15) is 0 Å². The Kier molecular flexibility index (Phi) is 5.76. The highest BCUT2D eigenvalue weighted by molar-refractivity contribution is 9.10. The van der Waals surface area contributed by atoms with Gasteiger partial charge >= 0.3 is 0 Å². The van der Waals surface area contributed by atoms with Crippen LogP contribution in [0.15, 0.2) is 33.7 Å². The van der Waals surface area contributed by atoms with Gasteiger partial charge in [-0.05, 0) is 57.0 Å². The summed E-state index contributed by atoms with van der Waals surface area (Å²) in [6.07, 6.45) is 2.02. The Hall–Kier alpha value is -2.38. The molecule has 0 saturated heterocycles. The number of hydrogen-bond donors (Lipinski definition) is 3. The molecule has 148 valence electrons. The lowest BCUT2D eigenvalue weighted by Gasteiger charge is -2.12. The number of H-pyrrole nitrogens is 1. The van der Waals surface area contributed by atoms with Crippen LogP contribution in [-0.2, 0) is 13.1 Å². The van der Waals surface area contributed by atoms with Crippen molar-refractivity contribution in [1.82, 2.24) is 14.9 Å². The molecular formula is C21H25BrN4O2. The van der Waals surface area contributed by atoms with E-state index in [1.807, 2.05) is 52.1 Å². The van der Waals surface area contributed by atoms with E-state index in [-0.39, 0.29) is 24.1 Å². The summed E-state index contributed by atoms with van der Waals surface area (Å²) < 4.78 is 2.89. The van der Waals surface area contributed by atoms with Crippen molar-refractivity contribution in [1.29, 1.82) is 0 Å². The van der Waals surface area contributed by atoms with E-state index >= 15 is 0 Å². The Morgan fingerprint density at radius 2 is 1.96 bits per heavy atom. The van der Waals surface area contributed by atoms with Crippen molar-refractivity contribution in [3.8, 4) is 0 Å². The lowest BCUT2D eigenvalue weighted by molar-refractivity contribution is 0.0952. The first-order chi connectivity index (χ1) is 13.2. The summed E-state index contributed by atoms with van der Waals surface area (Å²) in [5, 5.41) is 3.80. The zero-order chi connectivity index (χ0) is 20.6. The number of aryl methyl sites for hydroxylation is 3. The van der Waals surface area contributed by atoms with E-state index in [0.29, 0.717) is 17.7 Å². The number of nitrogens with two attached hydrogens (primary N) is 1. The minimum absolute atomic E-state index is 0.00231. The van der Waals surface area contributed by atoms with Crippen molar-refractivity contribution < 1.29 is 4.79 Å². The van der Waals surface area contributed by atoms with Crippen LogP contribution in [0.4, 0.5) is 0 Å². The first-order valence-corrected chi connectivity index (χ1v) is 9.99. The summed E-state index contributed by atoms with van der Waals surface area (Å²) in [4.78, 5) is 28.0. The molecule has 0 aliphatic heterocycles. The summed E-state index contributed by atoms with van der Waals surface area (Å²) in [5.74, 6) is -0.215. The summed E-state index contributed by atoms with van der Waals surface area (Å²) in [5.41, 5.74) is 10.6. The number of rotatable bonds is 5. The summed E-state index contributed by atoms with van der Waals surface area (Å²) in [6.45, 7) is 8.49. The molecule has 0 radical (unpaired) electrons. The normalized spacial score (nSPS) is 12.4. The number of fused-ring (bicyclic) bond motifs is 1. The zero-order valence-electron chi connectivity index (χ0n) is 16.5. The molecule has 28 heavy (non-hydrogen) atoms. The van der Waals surface area contributed by atoms with Crippen molar-refractivity contribution in [3.63, 3.8) is 0 Å². The SMILES string of the molecule is Cc1cc(C)c(CNC(=O)c2cc(Br)cc3c2c(C)cn3CC(C)N)c(=O)[nH]1. The summed E-state index contributed by atoms with van der Waals surface area (Å²) >= 11 is 3.51. The maximum atomic E-state index is 13.0. The fourth-order valence-corrected chi connectivity index (χ4v) is 4.05. The second-order valence-electron chi connectivity index (χ2n) is 7.41. The number of benzene rings is 1. The molecule has 0 aliphatic carbocycles. The topological polar surface area (TPSA) is 92.9 Å². The molecule has 3 rings (SSSR count). The molecule has 0 bridgehead atoms. The highest BCUT2D eigenvalue weighted by atomic mass is 79.9. The van der Waals surface area contributed by atoms with Crippen LogP contribution in [0.25, 0.3) is 10.9 Å². The van der Waals surface area contributed by atoms with Crippen LogP contribution in [0.5, 0.6) is 0 Å². The van der Waals surface area contributed by atoms with Gasteiger partial charge in [0.05, 0.1) is 11.1 Å². The van der Waals surface area contributed by atoms with Crippen molar-refractivity contribution in [2.75, 3.05) is 0 Å². The van der Waals surface area contributed by atoms with Crippen LogP contribution in [0.1, 0.15) is 39.7 Å². The first kappa shape index (κ1) is 20.4. The smallest absolute Gasteiger partial charge is 0.253 e. The Morgan fingerprint density at radius 3 is 2.61 bits per heavy atom. The molecule has 1 aromatic carbocycles. The molecule has 3 aromatic rings. The maximum absolute atomic E-state index is 13.0. The van der Waals surface area contributed by atoms with Gasteiger partial charge in [-0.1, -0.05) is 15.9 Å². The Labute approximate surface area is 172 Å². The van der Waals surface area contributed by atoms with Crippen molar-refractivity contribution in [2.24, 2.45) is 5.73 Å². The number of hydrogen-bond acceptors (Lipinski definition) is 3. The molecule has 0 fully saturated rings. The third-order valence-corrected chi connectivity index (χ3v) is 5.24. The second kappa shape index (κ2) is 7.93. The van der Waals surface area contributed by atoms with Crippen molar-refractivity contribution in [2.45, 2.75) is 46.8 Å². The minimum Gasteiger partial charge on any atom is -0.348 e. The molecule has 7 heteroatoms. The molecular weight excluding hydrogens is 420 g/mol. The van der Waals surface area contributed by atoms with Gasteiger partial charge in [0, 0.05) is 46.4 Å². The predicted molar refractivity (Wildman–Crippen MR) is 116 cm³/mol. The summed E-state index contributed by atoms with van der Waals surface area (Å²) in [6, 6.07) is 5.71. The number of nitrogens with zero attached hydrogens (tertiary/aromatic N) is 1. The maximum Gasteiger partial charge on any atom is 0.253 e. The molecule has 1 amide bonds. The van der Waals surface area contributed by atoms with Gasteiger partial charge in [-0.2, -0.15) is 0 Å². The van der Waals surface area contributed by atoms with Gasteiger partial charge in [0.2, 0.25) is 0 Å². The van der Waals surface area contributed by atoms with Crippen LogP contribution in [-0.4, -0.2) is 21.5 Å². The number of carbonyl (C=O) groups excluding carboxylic acids is 1. The number of pyridine rings is 1. The predicted octanol–water partition coefficient (Wildman–Crippen LogP) is 3.29. The Morgan fingerprint density at radius 1 is 1.25 bits per heavy atom. The van der Waals surface area contributed by atoms with E-state index in [4.69, 9.17) is 5.73 Å². The fraction of sp³-hybridized carbons (Fsp3) is 0.333. The largest absolute Gasteiger partial charge is 0.348 e. The van der Waals surface area contributed by atoms with Crippen LogP contribution in [0.3, 0.4) is 0 Å². The van der Waals surface area contributed by atoms with Crippen molar-refractivity contribution in [3.05, 3.63) is 67.2 Å². The monoisotopic (exact) mass is 444 g/mol. The van der Waals surface area contributed by atoms with Crippen molar-refractivity contribution >= 4 is 32.7 Å². The van der Waals surface area contributed by atoms with Crippen LogP contribution < -0.4 is 16.6 Å². The molecule has 1 unspecified atom stereocenters. The van der Waals surface area contributed by atoms with Crippen LogP contribution >= 0.6 is 15.9 Å². The lowest BCUT2D eigenvalue weighted by atomic mass is 10.1. The average Bonchev–Trinajstić information content (AvgIpc) is 2.87. The average molecular weight is 445 g/mol. The molecule has 0 spiro atoms. The van der Waals surface area contributed by atoms with Crippen LogP contribution in [0.2, 0.25) is 0 Å². The minimum atomic E-state index is -0.215. The molecule has 6 nitrogen and oxygen atoms in total. The molecule has 0 saturated carbocycles. The van der Waals surface area contributed by atoms with Gasteiger partial charge in [-0.15, -0.1) is 0 Å². The number of aromatic nitrogens is 2. The zero-order valence-corrected chi connectivity index (χ0v) is 18.1. The highest BCUT2D eigenvalue weighted by Gasteiger charge is 2.18. The van der Waals surface area contributed by atoms with Gasteiger partial charge in [0.15, 0.2) is 0 Å².